The third-order valence-electron chi connectivity index (χ3n) is 2.87. The van der Waals surface area contributed by atoms with Crippen molar-refractivity contribution in [2.24, 2.45) is 7.05 Å². The molecule has 0 spiro atoms. The fraction of sp³-hybridized carbons (Fsp3) is 0.167. The van der Waals surface area contributed by atoms with Crippen molar-refractivity contribution in [1.82, 2.24) is 9.55 Å². The van der Waals surface area contributed by atoms with Gasteiger partial charge in [-0.15, -0.1) is 0 Å². The van der Waals surface area contributed by atoms with Gasteiger partial charge in [0.05, 0.1) is 23.6 Å². The summed E-state index contributed by atoms with van der Waals surface area (Å²) >= 11 is 0. The van der Waals surface area contributed by atoms with Crippen molar-refractivity contribution in [3.63, 3.8) is 0 Å². The van der Waals surface area contributed by atoms with Crippen LogP contribution in [0.3, 0.4) is 0 Å². The van der Waals surface area contributed by atoms with Gasteiger partial charge in [-0.25, -0.2) is 4.98 Å². The summed E-state index contributed by atoms with van der Waals surface area (Å²) in [7, 11) is -0.826. The lowest BCUT2D eigenvalue weighted by Gasteiger charge is -2.19. The number of nitrogens with zero attached hydrogens (tertiary/aromatic N) is 4. The Hall–Kier alpha value is -2.53. The Morgan fingerprint density at radius 3 is 2.40 bits per heavy atom. The Labute approximate surface area is 116 Å². The van der Waals surface area contributed by atoms with Gasteiger partial charge in [-0.3, -0.25) is 4.31 Å². The third-order valence-corrected chi connectivity index (χ3v) is 4.79. The zero-order chi connectivity index (χ0) is 14.9. The average Bonchev–Trinajstić information content (AvgIpc) is 2.78. The molecule has 7 nitrogen and oxygen atoms in total. The summed E-state index contributed by atoms with van der Waals surface area (Å²) < 4.78 is 27.5. The van der Waals surface area contributed by atoms with Crippen LogP contribution < -0.4 is 10.0 Å². The topological polar surface area (TPSA) is 105 Å². The van der Waals surface area contributed by atoms with Crippen LogP contribution in [0.15, 0.2) is 35.6 Å². The fourth-order valence-corrected chi connectivity index (χ4v) is 3.15. The van der Waals surface area contributed by atoms with E-state index in [0.29, 0.717) is 11.3 Å². The van der Waals surface area contributed by atoms with Crippen LogP contribution in [0.4, 0.5) is 11.5 Å². The molecule has 0 unspecified atom stereocenters. The molecule has 1 heterocycles. The van der Waals surface area contributed by atoms with E-state index in [2.05, 4.69) is 4.98 Å². The summed E-state index contributed by atoms with van der Waals surface area (Å²) in [6, 6.07) is 8.19. The Morgan fingerprint density at radius 2 is 1.95 bits per heavy atom. The van der Waals surface area contributed by atoms with E-state index in [-0.39, 0.29) is 10.8 Å². The summed E-state index contributed by atoms with van der Waals surface area (Å²) in [5.74, 6) is -0.0482. The van der Waals surface area contributed by atoms with Crippen LogP contribution in [0, 0.1) is 11.3 Å². The number of aryl methyl sites for hydroxylation is 1. The van der Waals surface area contributed by atoms with Gasteiger partial charge in [-0.05, 0) is 24.3 Å². The predicted octanol–water partition coefficient (Wildman–Crippen LogP) is 0.699. The minimum Gasteiger partial charge on any atom is -0.381 e. The number of nitrogen functional groups attached to an aromatic ring is 1. The lowest BCUT2D eigenvalue weighted by molar-refractivity contribution is 0.585. The van der Waals surface area contributed by atoms with Crippen molar-refractivity contribution in [2.75, 3.05) is 17.1 Å². The third kappa shape index (κ3) is 2.19. The van der Waals surface area contributed by atoms with Gasteiger partial charge in [0.15, 0.2) is 10.8 Å². The van der Waals surface area contributed by atoms with Crippen molar-refractivity contribution in [1.29, 1.82) is 5.26 Å². The number of imidazole rings is 1. The number of anilines is 2. The van der Waals surface area contributed by atoms with Crippen molar-refractivity contribution in [2.45, 2.75) is 5.03 Å². The first-order valence-corrected chi connectivity index (χ1v) is 7.08. The molecule has 0 radical (unpaired) electrons. The molecule has 0 saturated carbocycles. The largest absolute Gasteiger partial charge is 0.381 e. The normalized spacial score (nSPS) is 11.1. The lowest BCUT2D eigenvalue weighted by atomic mass is 10.2. The Kier molecular flexibility index (Phi) is 3.38. The molecule has 0 fully saturated rings. The number of hydrogen-bond acceptors (Lipinski definition) is 5. The molecule has 2 N–H and O–H groups in total. The molecule has 0 aliphatic carbocycles. The molecular formula is C12H13N5O2S. The number of nitriles is 1. The van der Waals surface area contributed by atoms with Crippen LogP contribution in [0.2, 0.25) is 0 Å². The molecule has 0 aliphatic rings. The average molecular weight is 291 g/mol. The highest BCUT2D eigenvalue weighted by Crippen LogP contribution is 2.24. The molecule has 0 atom stereocenters. The van der Waals surface area contributed by atoms with E-state index in [4.69, 9.17) is 11.0 Å². The molecule has 1 aromatic carbocycles. The Balaban J connectivity index is 2.46. The maximum atomic E-state index is 12.5. The van der Waals surface area contributed by atoms with Crippen LogP contribution in [0.1, 0.15) is 5.56 Å². The van der Waals surface area contributed by atoms with Crippen LogP contribution in [0.25, 0.3) is 0 Å². The minimum atomic E-state index is -3.80. The summed E-state index contributed by atoms with van der Waals surface area (Å²) in [5.41, 5.74) is 6.50. The maximum absolute atomic E-state index is 12.5. The van der Waals surface area contributed by atoms with Gasteiger partial charge >= 0.3 is 0 Å². The van der Waals surface area contributed by atoms with Crippen LogP contribution >= 0.6 is 0 Å². The second-order valence-electron chi connectivity index (χ2n) is 4.18. The van der Waals surface area contributed by atoms with Gasteiger partial charge in [-0.2, -0.15) is 13.7 Å². The molecule has 104 valence electrons. The molecule has 0 saturated heterocycles. The van der Waals surface area contributed by atoms with E-state index >= 15 is 0 Å². The maximum Gasteiger partial charge on any atom is 0.283 e. The van der Waals surface area contributed by atoms with Crippen molar-refractivity contribution in [3.8, 4) is 6.07 Å². The number of nitrogens with two attached hydrogens (primary N) is 1. The zero-order valence-corrected chi connectivity index (χ0v) is 11.8. The zero-order valence-electron chi connectivity index (χ0n) is 11.0. The second-order valence-corrected chi connectivity index (χ2v) is 6.06. The molecule has 8 heteroatoms. The van der Waals surface area contributed by atoms with E-state index < -0.39 is 10.0 Å². The van der Waals surface area contributed by atoms with E-state index in [1.807, 2.05) is 6.07 Å². The number of sulfonamides is 1. The fourth-order valence-electron chi connectivity index (χ4n) is 1.77. The number of aromatic nitrogens is 2. The van der Waals surface area contributed by atoms with Crippen molar-refractivity contribution >= 4 is 21.5 Å². The molecule has 20 heavy (non-hydrogen) atoms. The van der Waals surface area contributed by atoms with Gasteiger partial charge < -0.3 is 10.3 Å². The molecule has 0 amide bonds. The highest BCUT2D eigenvalue weighted by Gasteiger charge is 2.27. The Morgan fingerprint density at radius 1 is 1.35 bits per heavy atom. The monoisotopic (exact) mass is 291 g/mol. The second kappa shape index (κ2) is 4.86. The number of rotatable bonds is 3. The lowest BCUT2D eigenvalue weighted by Crippen LogP contribution is -2.28. The SMILES string of the molecule is CN(c1ccc(C#N)cc1)S(=O)(=O)c1c(N)ncn1C. The summed E-state index contributed by atoms with van der Waals surface area (Å²) in [6.45, 7) is 0. The van der Waals surface area contributed by atoms with E-state index in [1.165, 1.54) is 17.9 Å². The van der Waals surface area contributed by atoms with Crippen LogP contribution in [0.5, 0.6) is 0 Å². The van der Waals surface area contributed by atoms with Crippen molar-refractivity contribution in [3.05, 3.63) is 36.2 Å². The van der Waals surface area contributed by atoms with E-state index in [0.717, 1.165) is 4.31 Å². The van der Waals surface area contributed by atoms with Crippen LogP contribution in [-0.2, 0) is 17.1 Å². The first kappa shape index (κ1) is 13.9. The highest BCUT2D eigenvalue weighted by molar-refractivity contribution is 7.92. The predicted molar refractivity (Wildman–Crippen MR) is 74.4 cm³/mol. The number of hydrogen-bond donors (Lipinski definition) is 1. The molecule has 1 aromatic heterocycles. The molecule has 0 bridgehead atoms. The van der Waals surface area contributed by atoms with Gasteiger partial charge in [0.1, 0.15) is 0 Å². The quantitative estimate of drug-likeness (QED) is 0.896. The van der Waals surface area contributed by atoms with Gasteiger partial charge in [-0.1, -0.05) is 0 Å². The first-order valence-electron chi connectivity index (χ1n) is 5.64. The summed E-state index contributed by atoms with van der Waals surface area (Å²) in [6.07, 6.45) is 1.34. The summed E-state index contributed by atoms with van der Waals surface area (Å²) in [5, 5.41) is 8.67. The highest BCUT2D eigenvalue weighted by atomic mass is 32.2. The minimum absolute atomic E-state index is 0.0482. The van der Waals surface area contributed by atoms with Crippen LogP contribution in [-0.4, -0.2) is 25.0 Å². The molecular weight excluding hydrogens is 278 g/mol. The first-order chi connectivity index (χ1) is 9.37. The van der Waals surface area contributed by atoms with Crippen molar-refractivity contribution < 1.29 is 8.42 Å². The van der Waals surface area contributed by atoms with Gasteiger partial charge in [0, 0.05) is 14.1 Å². The smallest absolute Gasteiger partial charge is 0.283 e. The summed E-state index contributed by atoms with van der Waals surface area (Å²) in [4.78, 5) is 3.78. The standard InChI is InChI=1S/C12H13N5O2S/c1-16-8-15-11(14)12(16)20(18,19)17(2)10-5-3-9(7-13)4-6-10/h3-6,8H,14H2,1-2H3. The van der Waals surface area contributed by atoms with E-state index in [9.17, 15) is 8.42 Å². The molecule has 0 aliphatic heterocycles. The Bertz CT molecular complexity index is 752. The molecule has 2 aromatic rings. The molecule has 2 rings (SSSR count). The van der Waals surface area contributed by atoms with Gasteiger partial charge in [0.25, 0.3) is 10.0 Å². The van der Waals surface area contributed by atoms with Gasteiger partial charge in [0.2, 0.25) is 0 Å². The van der Waals surface area contributed by atoms with E-state index in [1.54, 1.807) is 31.3 Å². The number of benzene rings is 1.